The molecule has 1 saturated carbocycles. The molecule has 1 aliphatic carbocycles. The molecular formula is C43H49F2N9O4. The molecule has 2 aromatic carbocycles. The van der Waals surface area contributed by atoms with Crippen molar-refractivity contribution >= 4 is 35.0 Å². The minimum atomic E-state index is -0.563. The summed E-state index contributed by atoms with van der Waals surface area (Å²) in [5, 5.41) is 12.1. The van der Waals surface area contributed by atoms with Crippen molar-refractivity contribution in [1.29, 1.82) is 0 Å². The van der Waals surface area contributed by atoms with Crippen molar-refractivity contribution in [3.8, 4) is 16.9 Å². The van der Waals surface area contributed by atoms with Crippen LogP contribution in [0.15, 0.2) is 77.9 Å². The molecule has 1 unspecified atom stereocenters. The molecule has 5 heterocycles. The number of hydrogen-bond acceptors (Lipinski definition) is 10. The summed E-state index contributed by atoms with van der Waals surface area (Å²) >= 11 is 0. The van der Waals surface area contributed by atoms with E-state index in [1.54, 1.807) is 54.7 Å². The summed E-state index contributed by atoms with van der Waals surface area (Å²) in [7, 11) is 0. The van der Waals surface area contributed by atoms with E-state index in [1.807, 2.05) is 0 Å². The predicted octanol–water partition coefficient (Wildman–Crippen LogP) is 5.01. The number of hydrogen-bond donors (Lipinski definition) is 4. The lowest BCUT2D eigenvalue weighted by Crippen LogP contribution is -2.50. The average molecular weight is 794 g/mol. The van der Waals surface area contributed by atoms with Gasteiger partial charge in [0, 0.05) is 72.8 Å². The SMILES string of the molecule is O=C1CCC(Nc2ccc(N3CCC(N4CCC(C(=O)N[C@H]5CC[C@H](Nc6ncc(F)c(-c7cccc(-n8ccccc8=O)c7)n6)CC5)CC4)CC3)c(F)c2)C(=O)N1. The van der Waals surface area contributed by atoms with E-state index in [2.05, 4.69) is 41.0 Å². The molecule has 58 heavy (non-hydrogen) atoms. The number of anilines is 3. The maximum atomic E-state index is 15.2. The van der Waals surface area contributed by atoms with E-state index >= 15 is 4.39 Å². The predicted molar refractivity (Wildman–Crippen MR) is 217 cm³/mol. The highest BCUT2D eigenvalue weighted by Gasteiger charge is 2.33. The minimum absolute atomic E-state index is 0.0151. The van der Waals surface area contributed by atoms with Crippen molar-refractivity contribution in [2.24, 2.45) is 5.92 Å². The zero-order valence-corrected chi connectivity index (χ0v) is 32.3. The van der Waals surface area contributed by atoms with Gasteiger partial charge >= 0.3 is 0 Å². The molecule has 15 heteroatoms. The molecule has 0 spiro atoms. The van der Waals surface area contributed by atoms with Gasteiger partial charge in [-0.3, -0.25) is 29.1 Å². The van der Waals surface area contributed by atoms with Crippen LogP contribution in [0.25, 0.3) is 16.9 Å². The van der Waals surface area contributed by atoms with Crippen LogP contribution in [0, 0.1) is 17.6 Å². The van der Waals surface area contributed by atoms with Crippen molar-refractivity contribution in [2.75, 3.05) is 41.7 Å². The van der Waals surface area contributed by atoms with Crippen LogP contribution in [0.2, 0.25) is 0 Å². The van der Waals surface area contributed by atoms with Gasteiger partial charge in [-0.1, -0.05) is 18.2 Å². The fourth-order valence-corrected chi connectivity index (χ4v) is 8.85. The number of amides is 3. The van der Waals surface area contributed by atoms with Crippen LogP contribution in [0.1, 0.15) is 64.2 Å². The average Bonchev–Trinajstić information content (AvgIpc) is 3.24. The van der Waals surface area contributed by atoms with Crippen molar-refractivity contribution in [3.63, 3.8) is 0 Å². The van der Waals surface area contributed by atoms with Gasteiger partial charge < -0.3 is 25.8 Å². The molecule has 4 aliphatic rings. The van der Waals surface area contributed by atoms with Crippen LogP contribution in [0.5, 0.6) is 0 Å². The summed E-state index contributed by atoms with van der Waals surface area (Å²) in [4.78, 5) is 62.5. The molecule has 3 aliphatic heterocycles. The minimum Gasteiger partial charge on any atom is -0.374 e. The highest BCUT2D eigenvalue weighted by molar-refractivity contribution is 6.01. The highest BCUT2D eigenvalue weighted by Crippen LogP contribution is 2.31. The molecule has 2 aromatic heterocycles. The van der Waals surface area contributed by atoms with E-state index in [0.717, 1.165) is 77.5 Å². The number of piperidine rings is 3. The first-order valence-electron chi connectivity index (χ1n) is 20.4. The summed E-state index contributed by atoms with van der Waals surface area (Å²) in [6, 6.07) is 16.9. The summed E-state index contributed by atoms with van der Waals surface area (Å²) in [5.41, 5.74) is 2.18. The van der Waals surface area contributed by atoms with E-state index in [4.69, 9.17) is 0 Å². The fraction of sp³-hybridized carbons (Fsp3) is 0.442. The van der Waals surface area contributed by atoms with Gasteiger partial charge in [0.05, 0.1) is 11.9 Å². The topological polar surface area (TPSA) is 154 Å². The number of benzene rings is 2. The summed E-state index contributed by atoms with van der Waals surface area (Å²) in [5.74, 6) is -1.12. The molecule has 4 N–H and O–H groups in total. The zero-order chi connectivity index (χ0) is 40.2. The Bertz CT molecular complexity index is 2190. The fourth-order valence-electron chi connectivity index (χ4n) is 8.85. The van der Waals surface area contributed by atoms with Gasteiger partial charge in [0.2, 0.25) is 23.7 Å². The second kappa shape index (κ2) is 17.4. The van der Waals surface area contributed by atoms with Crippen molar-refractivity contribution in [3.05, 3.63) is 95.0 Å². The highest BCUT2D eigenvalue weighted by atomic mass is 19.1. The Morgan fingerprint density at radius 1 is 0.776 bits per heavy atom. The third kappa shape index (κ3) is 9.04. The Kier molecular flexibility index (Phi) is 11.8. The van der Waals surface area contributed by atoms with Gasteiger partial charge in [0.25, 0.3) is 5.56 Å². The van der Waals surface area contributed by atoms with Gasteiger partial charge in [-0.25, -0.2) is 18.7 Å². The molecule has 4 fully saturated rings. The number of aromatic nitrogens is 3. The van der Waals surface area contributed by atoms with E-state index in [1.165, 1.54) is 22.9 Å². The summed E-state index contributed by atoms with van der Waals surface area (Å²) < 4.78 is 31.7. The third-order valence-corrected chi connectivity index (χ3v) is 12.1. The van der Waals surface area contributed by atoms with E-state index < -0.39 is 11.9 Å². The van der Waals surface area contributed by atoms with Crippen LogP contribution >= 0.6 is 0 Å². The number of likely N-dealkylation sites (tertiary alicyclic amines) is 1. The maximum absolute atomic E-state index is 15.2. The van der Waals surface area contributed by atoms with E-state index in [-0.39, 0.29) is 59.2 Å². The number of imide groups is 1. The second-order valence-electron chi connectivity index (χ2n) is 15.9. The Labute approximate surface area is 335 Å². The quantitative estimate of drug-likeness (QED) is 0.161. The van der Waals surface area contributed by atoms with Crippen LogP contribution < -0.4 is 31.7 Å². The lowest BCUT2D eigenvalue weighted by atomic mass is 9.89. The largest absolute Gasteiger partial charge is 0.374 e. The second-order valence-corrected chi connectivity index (χ2v) is 15.9. The normalized spacial score (nSPS) is 22.3. The Morgan fingerprint density at radius 3 is 2.29 bits per heavy atom. The number of carbonyl (C=O) groups excluding carboxylic acids is 3. The lowest BCUT2D eigenvalue weighted by molar-refractivity contribution is -0.133. The van der Waals surface area contributed by atoms with E-state index in [0.29, 0.717) is 41.0 Å². The maximum Gasteiger partial charge on any atom is 0.255 e. The Balaban J connectivity index is 0.760. The van der Waals surface area contributed by atoms with Crippen molar-refractivity contribution in [2.45, 2.75) is 88.4 Å². The number of nitrogens with one attached hydrogen (secondary N) is 4. The van der Waals surface area contributed by atoms with Crippen LogP contribution in [-0.2, 0) is 14.4 Å². The molecule has 3 saturated heterocycles. The van der Waals surface area contributed by atoms with Gasteiger partial charge in [-0.15, -0.1) is 0 Å². The first-order chi connectivity index (χ1) is 28.2. The molecule has 4 aromatic rings. The Morgan fingerprint density at radius 2 is 1.55 bits per heavy atom. The van der Waals surface area contributed by atoms with Crippen LogP contribution in [0.4, 0.5) is 26.1 Å². The summed E-state index contributed by atoms with van der Waals surface area (Å²) in [6.45, 7) is 3.20. The third-order valence-electron chi connectivity index (χ3n) is 12.1. The molecule has 304 valence electrons. The smallest absolute Gasteiger partial charge is 0.255 e. The number of rotatable bonds is 10. The number of pyridine rings is 1. The van der Waals surface area contributed by atoms with Crippen LogP contribution in [0.3, 0.4) is 0 Å². The lowest BCUT2D eigenvalue weighted by Gasteiger charge is -2.42. The summed E-state index contributed by atoms with van der Waals surface area (Å²) in [6.07, 6.45) is 10.2. The molecule has 0 radical (unpaired) electrons. The standard InChI is InChI=1S/C43H49F2N9O4/c44-34-25-31(47-36-12-14-38(55)50-42(36)58)11-13-37(34)53-22-17-32(18-23-53)52-20-15-27(16-21-52)41(57)48-29-7-9-30(10-8-29)49-43-46-26-35(45)40(51-43)28-4-3-5-33(24-28)54-19-2-1-6-39(54)56/h1-6,11,13,19,24-27,29-30,32,36,47H,7-10,12,14-18,20-23H2,(H,48,57)(H,46,49,51)(H,50,55,58)/t29-,30-,36?. The first kappa shape index (κ1) is 39.1. The number of halogens is 2. The number of carbonyl (C=O) groups is 3. The molecule has 3 amide bonds. The molecule has 1 atom stereocenters. The molecule has 8 rings (SSSR count). The van der Waals surface area contributed by atoms with Crippen molar-refractivity contribution in [1.82, 2.24) is 30.1 Å². The molecule has 0 bridgehead atoms. The zero-order valence-electron chi connectivity index (χ0n) is 32.3. The molecule has 13 nitrogen and oxygen atoms in total. The van der Waals surface area contributed by atoms with E-state index in [9.17, 15) is 23.6 Å². The van der Waals surface area contributed by atoms with Gasteiger partial charge in [-0.2, -0.15) is 0 Å². The van der Waals surface area contributed by atoms with Gasteiger partial charge in [0.1, 0.15) is 17.6 Å². The van der Waals surface area contributed by atoms with Crippen LogP contribution in [-0.4, -0.2) is 87.5 Å². The van der Waals surface area contributed by atoms with Gasteiger partial charge in [0.15, 0.2) is 5.82 Å². The molecular weight excluding hydrogens is 745 g/mol. The monoisotopic (exact) mass is 793 g/mol. The Hall–Kier alpha value is -5.70. The van der Waals surface area contributed by atoms with Gasteiger partial charge in [-0.05, 0) is 107 Å². The van der Waals surface area contributed by atoms with Crippen molar-refractivity contribution < 1.29 is 23.2 Å². The first-order valence-corrected chi connectivity index (χ1v) is 20.4. The number of nitrogens with zero attached hydrogens (tertiary/aromatic N) is 5.